The third-order valence-electron chi connectivity index (χ3n) is 10.9. The van der Waals surface area contributed by atoms with E-state index in [-0.39, 0.29) is 28.6 Å². The van der Waals surface area contributed by atoms with Crippen LogP contribution in [0.25, 0.3) is 33.5 Å². The van der Waals surface area contributed by atoms with Crippen molar-refractivity contribution in [2.24, 2.45) is 11.7 Å². The monoisotopic (exact) mass is 899 g/mol. The van der Waals surface area contributed by atoms with Crippen molar-refractivity contribution < 1.29 is 25.6 Å². The van der Waals surface area contributed by atoms with Gasteiger partial charge in [-0.15, -0.1) is 0 Å². The number of aromatic nitrogens is 8. The van der Waals surface area contributed by atoms with Crippen molar-refractivity contribution in [1.29, 1.82) is 0 Å². The van der Waals surface area contributed by atoms with Crippen LogP contribution >= 0.6 is 11.6 Å². The number of rotatable bonds is 8. The van der Waals surface area contributed by atoms with Crippen molar-refractivity contribution in [3.8, 4) is 22.5 Å². The molecule has 0 radical (unpaired) electrons. The quantitative estimate of drug-likeness (QED) is 0.168. The maximum Gasteiger partial charge on any atom is 0.223 e. The zero-order chi connectivity index (χ0) is 44.2. The number of halogens is 3. The van der Waals surface area contributed by atoms with Crippen LogP contribution < -0.4 is 5.73 Å². The fraction of sp³-hybridized carbons (Fsp3) is 0.463. The second-order valence-electron chi connectivity index (χ2n) is 16.1. The highest BCUT2D eigenvalue weighted by Crippen LogP contribution is 2.29. The summed E-state index contributed by atoms with van der Waals surface area (Å²) in [5, 5.41) is 8.66. The Balaban J connectivity index is 0.000000172. The summed E-state index contributed by atoms with van der Waals surface area (Å²) in [4.78, 5) is 16.3. The Morgan fingerprint density at radius 3 is 1.61 bits per heavy atom. The lowest BCUT2D eigenvalue weighted by Crippen LogP contribution is -2.42. The summed E-state index contributed by atoms with van der Waals surface area (Å²) in [7, 11) is -6.12. The normalized spacial score (nSPS) is 16.2. The Bertz CT molecular complexity index is 2700. The van der Waals surface area contributed by atoms with Gasteiger partial charge in [0.05, 0.1) is 48.3 Å². The molecule has 2 saturated heterocycles. The first kappa shape index (κ1) is 46.0. The van der Waals surface area contributed by atoms with Crippen LogP contribution in [0.2, 0.25) is 5.28 Å². The zero-order valence-corrected chi connectivity index (χ0v) is 37.5. The summed E-state index contributed by atoms with van der Waals surface area (Å²) >= 11 is 5.74. The molecule has 20 heteroatoms. The topological polar surface area (TPSA) is 187 Å². The lowest BCUT2D eigenvalue weighted by Gasteiger charge is -2.29. The Morgan fingerprint density at radius 1 is 0.705 bits per heavy atom. The van der Waals surface area contributed by atoms with Gasteiger partial charge in [-0.3, -0.25) is 0 Å². The van der Waals surface area contributed by atoms with Crippen LogP contribution in [0.1, 0.15) is 82.2 Å². The number of nitrogens with zero attached hydrogens (tertiary/aromatic N) is 10. The third kappa shape index (κ3) is 11.5. The second kappa shape index (κ2) is 19.2. The molecule has 2 aliphatic rings. The molecular weight excluding hydrogens is 848 g/mol. The van der Waals surface area contributed by atoms with Gasteiger partial charge in [-0.1, -0.05) is 27.7 Å². The first-order valence-electron chi connectivity index (χ1n) is 20.1. The summed E-state index contributed by atoms with van der Waals surface area (Å²) in [6, 6.07) is 7.54. The Hall–Kier alpha value is -4.53. The molecule has 328 valence electrons. The van der Waals surface area contributed by atoms with Crippen molar-refractivity contribution in [3.05, 3.63) is 95.3 Å². The van der Waals surface area contributed by atoms with E-state index in [0.29, 0.717) is 61.4 Å². The van der Waals surface area contributed by atoms with Gasteiger partial charge in [0.25, 0.3) is 0 Å². The largest absolute Gasteiger partial charge is 0.328 e. The molecule has 0 atom stereocenters. The average molecular weight is 901 g/mol. The van der Waals surface area contributed by atoms with Gasteiger partial charge in [-0.2, -0.15) is 10.2 Å². The molecule has 0 saturated carbocycles. The minimum absolute atomic E-state index is 0.0267. The van der Waals surface area contributed by atoms with Gasteiger partial charge in [0.15, 0.2) is 11.6 Å². The molecule has 0 unspecified atom stereocenters. The molecule has 6 aromatic heterocycles. The van der Waals surface area contributed by atoms with Crippen molar-refractivity contribution >= 4 is 42.7 Å². The molecule has 15 nitrogen and oxygen atoms in total. The Kier molecular flexibility index (Phi) is 14.5. The van der Waals surface area contributed by atoms with E-state index in [1.807, 2.05) is 36.8 Å². The predicted octanol–water partition coefficient (Wildman–Crippen LogP) is 6.34. The summed E-state index contributed by atoms with van der Waals surface area (Å²) in [5.74, 6) is 0.556. The Morgan fingerprint density at radius 2 is 1.15 bits per heavy atom. The van der Waals surface area contributed by atoms with Crippen LogP contribution in [0.15, 0.2) is 61.4 Å². The van der Waals surface area contributed by atoms with Crippen molar-refractivity contribution in [2.45, 2.75) is 77.7 Å². The van der Waals surface area contributed by atoms with Crippen molar-refractivity contribution in [3.63, 3.8) is 0 Å². The fourth-order valence-electron chi connectivity index (χ4n) is 7.35. The number of hydrogen-bond acceptors (Lipinski definition) is 11. The van der Waals surface area contributed by atoms with E-state index < -0.39 is 31.7 Å². The maximum absolute atomic E-state index is 14.6. The molecule has 61 heavy (non-hydrogen) atoms. The van der Waals surface area contributed by atoms with Gasteiger partial charge in [0.2, 0.25) is 25.3 Å². The van der Waals surface area contributed by atoms with Crippen molar-refractivity contribution in [1.82, 2.24) is 47.8 Å². The van der Waals surface area contributed by atoms with Crippen LogP contribution in [0.4, 0.5) is 8.78 Å². The van der Waals surface area contributed by atoms with Gasteiger partial charge < -0.3 is 5.73 Å². The Labute approximate surface area is 360 Å². The van der Waals surface area contributed by atoms with Gasteiger partial charge >= 0.3 is 0 Å². The van der Waals surface area contributed by atoms with E-state index in [1.54, 1.807) is 21.3 Å². The van der Waals surface area contributed by atoms with Crippen molar-refractivity contribution in [2.75, 3.05) is 38.7 Å². The molecule has 0 bridgehead atoms. The van der Waals surface area contributed by atoms with E-state index >= 15 is 0 Å². The van der Waals surface area contributed by atoms with Crippen LogP contribution in [-0.2, 0) is 26.5 Å². The first-order chi connectivity index (χ1) is 28.8. The lowest BCUT2D eigenvalue weighted by molar-refractivity contribution is 0.271. The maximum atomic E-state index is 14.6. The highest BCUT2D eigenvalue weighted by molar-refractivity contribution is 7.88. The molecule has 6 aromatic rings. The molecule has 2 N–H and O–H groups in total. The van der Waals surface area contributed by atoms with E-state index in [1.165, 1.54) is 27.3 Å². The van der Waals surface area contributed by atoms with Gasteiger partial charge in [-0.25, -0.2) is 63.2 Å². The van der Waals surface area contributed by atoms with Gasteiger partial charge in [-0.05, 0) is 79.3 Å². The predicted molar refractivity (Wildman–Crippen MR) is 232 cm³/mol. The minimum Gasteiger partial charge on any atom is -0.328 e. The SMILES string of the molecule is CC(C)c1cnn2ccc(-c3nc(CC4CCN(S(C)(=O)=O)CC4)ncc3F)cc12.CC(C)c1cnn2ccc(-c3nc(Cl)ncc3F)cc12.CS(=O)(=O)N1CCC(N)CC1. The average Bonchev–Trinajstić information content (AvgIpc) is 3.84. The standard InChI is InChI=1S/C21H26FN5O2S.C14H12ClFN4.C6H14N2O2S/c1-14(2)17-12-24-27-9-6-16(11-19(17)27)21-18(22)13-23-20(25-21)10-15-4-7-26(8-5-15)30(3,28)29;1-8(2)10-6-18-20-4-3-9(5-12(10)20)13-11(16)7-17-14(15)19-13;1-11(9,10)8-4-2-6(7)3-5-8/h6,9,11-15H,4-5,7-8,10H2,1-3H3;3-8H,1-2H3;6H,2-5,7H2,1H3. The number of piperidine rings is 2. The number of hydrogen-bond donors (Lipinski definition) is 1. The summed E-state index contributed by atoms with van der Waals surface area (Å²) < 4.78 is 80.3. The van der Waals surface area contributed by atoms with Crippen LogP contribution in [0.5, 0.6) is 0 Å². The molecule has 0 aromatic carbocycles. The highest BCUT2D eigenvalue weighted by Gasteiger charge is 2.26. The fourth-order valence-corrected chi connectivity index (χ4v) is 9.23. The summed E-state index contributed by atoms with van der Waals surface area (Å²) in [6.45, 7) is 10.6. The number of pyridine rings is 2. The second-order valence-corrected chi connectivity index (χ2v) is 20.4. The smallest absolute Gasteiger partial charge is 0.223 e. The molecule has 2 aliphatic heterocycles. The molecule has 0 aliphatic carbocycles. The van der Waals surface area contributed by atoms with Crippen LogP contribution in [0, 0.1) is 17.6 Å². The van der Waals surface area contributed by atoms with E-state index in [9.17, 15) is 25.6 Å². The van der Waals surface area contributed by atoms with E-state index in [4.69, 9.17) is 17.3 Å². The summed E-state index contributed by atoms with van der Waals surface area (Å²) in [6.07, 6.45) is 15.7. The number of sulfonamides is 2. The first-order valence-corrected chi connectivity index (χ1v) is 24.2. The molecule has 8 rings (SSSR count). The number of fused-ring (bicyclic) bond motifs is 2. The number of nitrogens with two attached hydrogens (primary N) is 1. The summed E-state index contributed by atoms with van der Waals surface area (Å²) in [5.41, 5.74) is 11.5. The molecule has 8 heterocycles. The molecule has 0 amide bonds. The third-order valence-corrected chi connectivity index (χ3v) is 13.7. The van der Waals surface area contributed by atoms with Gasteiger partial charge in [0.1, 0.15) is 17.2 Å². The van der Waals surface area contributed by atoms with E-state index in [2.05, 4.69) is 57.8 Å². The highest BCUT2D eigenvalue weighted by atomic mass is 35.5. The van der Waals surface area contributed by atoms with Crippen LogP contribution in [0.3, 0.4) is 0 Å². The molecule has 0 spiro atoms. The molecular formula is C41H52ClF2N11O4S2. The van der Waals surface area contributed by atoms with Gasteiger partial charge in [0, 0.05) is 73.3 Å². The lowest BCUT2D eigenvalue weighted by atomic mass is 9.94. The minimum atomic E-state index is -3.15. The molecule has 2 fully saturated rings. The van der Waals surface area contributed by atoms with Crippen LogP contribution in [-0.4, -0.2) is 109 Å². The van der Waals surface area contributed by atoms with E-state index in [0.717, 1.165) is 54.0 Å². The zero-order valence-electron chi connectivity index (χ0n) is 35.1.